The lowest BCUT2D eigenvalue weighted by atomic mass is 10.0. The average Bonchev–Trinajstić information content (AvgIpc) is 2.69. The Morgan fingerprint density at radius 3 is 2.52 bits per heavy atom. The summed E-state index contributed by atoms with van der Waals surface area (Å²) in [7, 11) is -3.77. The molecule has 6 nitrogen and oxygen atoms in total. The van der Waals surface area contributed by atoms with E-state index in [9.17, 15) is 13.2 Å². The number of anilines is 1. The molecule has 1 aliphatic heterocycles. The Kier molecular flexibility index (Phi) is 6.92. The zero-order valence-corrected chi connectivity index (χ0v) is 17.9. The van der Waals surface area contributed by atoms with E-state index in [1.807, 2.05) is 13.0 Å². The van der Waals surface area contributed by atoms with Gasteiger partial charge in [0, 0.05) is 30.1 Å². The summed E-state index contributed by atoms with van der Waals surface area (Å²) in [5, 5.41) is 3.07. The van der Waals surface area contributed by atoms with Crippen LogP contribution in [0.2, 0.25) is 0 Å². The Hall–Kier alpha value is -2.38. The van der Waals surface area contributed by atoms with Gasteiger partial charge in [0.25, 0.3) is 15.9 Å². The molecule has 0 saturated carbocycles. The molecule has 156 valence electrons. The van der Waals surface area contributed by atoms with E-state index in [0.717, 1.165) is 31.5 Å². The number of rotatable bonds is 7. The average molecular weight is 417 g/mol. The molecule has 0 atom stereocenters. The molecule has 1 saturated heterocycles. The monoisotopic (exact) mass is 416 g/mol. The maximum absolute atomic E-state index is 12.7. The molecule has 1 aliphatic rings. The van der Waals surface area contributed by atoms with Crippen molar-refractivity contribution in [1.82, 2.24) is 5.32 Å². The van der Waals surface area contributed by atoms with Gasteiger partial charge in [-0.3, -0.25) is 9.52 Å². The van der Waals surface area contributed by atoms with E-state index < -0.39 is 10.0 Å². The number of benzene rings is 2. The molecule has 0 bridgehead atoms. The van der Waals surface area contributed by atoms with Crippen LogP contribution in [-0.2, 0) is 10.0 Å². The molecule has 1 fully saturated rings. The summed E-state index contributed by atoms with van der Waals surface area (Å²) in [6.45, 7) is 7.39. The summed E-state index contributed by atoms with van der Waals surface area (Å²) in [4.78, 5) is 14.3. The van der Waals surface area contributed by atoms with Gasteiger partial charge in [-0.05, 0) is 49.2 Å². The maximum Gasteiger partial charge on any atom is 0.261 e. The Balaban J connectivity index is 1.66. The van der Waals surface area contributed by atoms with E-state index in [1.54, 1.807) is 35.2 Å². The molecule has 0 spiro atoms. The third-order valence-electron chi connectivity index (χ3n) is 5.31. The zero-order chi connectivity index (χ0) is 20.9. The fraction of sp³-hybridized carbons (Fsp3) is 0.409. The quantitative estimate of drug-likeness (QED) is 0.646. The van der Waals surface area contributed by atoms with E-state index in [0.29, 0.717) is 11.3 Å². The van der Waals surface area contributed by atoms with Crippen LogP contribution >= 0.6 is 0 Å². The predicted molar refractivity (Wildman–Crippen MR) is 115 cm³/mol. The summed E-state index contributed by atoms with van der Waals surface area (Å²) < 4.78 is 28.0. The molecule has 0 aromatic heterocycles. The molecule has 2 aromatic carbocycles. The normalized spacial score (nSPS) is 19.5. The first kappa shape index (κ1) is 21.3. The van der Waals surface area contributed by atoms with Crippen LogP contribution in [-0.4, -0.2) is 40.0 Å². The highest BCUT2D eigenvalue weighted by molar-refractivity contribution is 7.92. The van der Waals surface area contributed by atoms with Crippen molar-refractivity contribution in [3.05, 3.63) is 59.7 Å². The highest BCUT2D eigenvalue weighted by atomic mass is 32.2. The molecule has 29 heavy (non-hydrogen) atoms. The second-order valence-electron chi connectivity index (χ2n) is 7.75. The van der Waals surface area contributed by atoms with E-state index in [1.165, 1.54) is 25.1 Å². The number of nitrogens with one attached hydrogen (secondary N) is 3. The lowest BCUT2D eigenvalue weighted by molar-refractivity contribution is -0.905. The lowest BCUT2D eigenvalue weighted by Gasteiger charge is -2.29. The number of hydrogen-bond donors (Lipinski definition) is 3. The fourth-order valence-electron chi connectivity index (χ4n) is 3.77. The van der Waals surface area contributed by atoms with Crippen molar-refractivity contribution in [3.63, 3.8) is 0 Å². The first-order valence-electron chi connectivity index (χ1n) is 10.2. The van der Waals surface area contributed by atoms with Gasteiger partial charge in [-0.1, -0.05) is 25.1 Å². The van der Waals surface area contributed by atoms with Crippen LogP contribution in [0.4, 0.5) is 5.69 Å². The van der Waals surface area contributed by atoms with Gasteiger partial charge in [0.15, 0.2) is 0 Å². The third-order valence-corrected chi connectivity index (χ3v) is 6.69. The van der Waals surface area contributed by atoms with Crippen LogP contribution in [0.15, 0.2) is 53.4 Å². The minimum absolute atomic E-state index is 0.0777. The molecule has 3 N–H and O–H groups in total. The van der Waals surface area contributed by atoms with Gasteiger partial charge in [-0.15, -0.1) is 0 Å². The number of carbonyl (C=O) groups excluding carboxylic acids is 1. The minimum atomic E-state index is -3.77. The Morgan fingerprint density at radius 1 is 1.10 bits per heavy atom. The molecule has 2 aromatic rings. The number of amides is 1. The molecule has 0 aliphatic carbocycles. The van der Waals surface area contributed by atoms with E-state index in [-0.39, 0.29) is 16.8 Å². The molecule has 0 unspecified atom stereocenters. The van der Waals surface area contributed by atoms with Crippen LogP contribution in [0.1, 0.15) is 42.1 Å². The Bertz CT molecular complexity index is 951. The maximum atomic E-state index is 12.7. The van der Waals surface area contributed by atoms with Gasteiger partial charge >= 0.3 is 0 Å². The number of likely N-dealkylation sites (tertiary alicyclic amines) is 1. The predicted octanol–water partition coefficient (Wildman–Crippen LogP) is 1.98. The summed E-state index contributed by atoms with van der Waals surface area (Å²) >= 11 is 0. The van der Waals surface area contributed by atoms with Gasteiger partial charge < -0.3 is 10.2 Å². The van der Waals surface area contributed by atoms with Gasteiger partial charge in [0.05, 0.1) is 24.5 Å². The summed E-state index contributed by atoms with van der Waals surface area (Å²) in [5.74, 6) is -0.221. The second-order valence-corrected chi connectivity index (χ2v) is 9.43. The molecule has 1 amide bonds. The minimum Gasteiger partial charge on any atom is -0.349 e. The Morgan fingerprint density at radius 2 is 1.83 bits per heavy atom. The lowest BCUT2D eigenvalue weighted by Crippen LogP contribution is -3.13. The van der Waals surface area contributed by atoms with E-state index >= 15 is 0 Å². The van der Waals surface area contributed by atoms with Gasteiger partial charge in [0.1, 0.15) is 0 Å². The van der Waals surface area contributed by atoms with Gasteiger partial charge in [-0.2, -0.15) is 0 Å². The topological polar surface area (TPSA) is 79.7 Å². The van der Waals surface area contributed by atoms with Crippen molar-refractivity contribution in [3.8, 4) is 0 Å². The second kappa shape index (κ2) is 9.41. The Labute approximate surface area is 173 Å². The van der Waals surface area contributed by atoms with Crippen molar-refractivity contribution in [2.24, 2.45) is 0 Å². The smallest absolute Gasteiger partial charge is 0.261 e. The number of aryl methyl sites for hydroxylation is 1. The van der Waals surface area contributed by atoms with Gasteiger partial charge in [-0.25, -0.2) is 8.42 Å². The highest BCUT2D eigenvalue weighted by Crippen LogP contribution is 2.18. The van der Waals surface area contributed by atoms with Crippen molar-refractivity contribution >= 4 is 21.6 Å². The summed E-state index contributed by atoms with van der Waals surface area (Å²) in [5.41, 5.74) is 1.83. The first-order chi connectivity index (χ1) is 13.9. The van der Waals surface area contributed by atoms with Gasteiger partial charge in [0.2, 0.25) is 0 Å². The van der Waals surface area contributed by atoms with E-state index in [4.69, 9.17) is 0 Å². The van der Waals surface area contributed by atoms with Crippen molar-refractivity contribution in [1.29, 1.82) is 0 Å². The summed E-state index contributed by atoms with van der Waals surface area (Å²) in [6.07, 6.45) is 3.08. The van der Waals surface area contributed by atoms with Crippen LogP contribution in [0, 0.1) is 6.92 Å². The molecule has 7 heteroatoms. The first-order valence-corrected chi connectivity index (χ1v) is 11.7. The third kappa shape index (κ3) is 5.81. The number of sulfonamides is 1. The van der Waals surface area contributed by atoms with Crippen LogP contribution in [0.25, 0.3) is 0 Å². The largest absolute Gasteiger partial charge is 0.349 e. The van der Waals surface area contributed by atoms with E-state index in [2.05, 4.69) is 17.0 Å². The molecule has 3 rings (SSSR count). The van der Waals surface area contributed by atoms with Crippen LogP contribution in [0.3, 0.4) is 0 Å². The molecule has 1 heterocycles. The SMILES string of the molecule is CCC[NH+]1CCC(NC(=O)c2cccc(S(=O)(=O)Nc3cccc(C)c3)c2)CC1. The fourth-order valence-corrected chi connectivity index (χ4v) is 4.86. The number of quaternary nitrogens is 1. The highest BCUT2D eigenvalue weighted by Gasteiger charge is 2.24. The van der Waals surface area contributed by atoms with Crippen molar-refractivity contribution < 1.29 is 18.1 Å². The zero-order valence-electron chi connectivity index (χ0n) is 17.1. The van der Waals surface area contributed by atoms with Crippen LogP contribution in [0.5, 0.6) is 0 Å². The molecular formula is C22H30N3O3S+. The van der Waals surface area contributed by atoms with Crippen molar-refractivity contribution in [2.75, 3.05) is 24.4 Å². The van der Waals surface area contributed by atoms with Crippen molar-refractivity contribution in [2.45, 2.75) is 44.0 Å². The molecular weight excluding hydrogens is 386 g/mol. The number of hydrogen-bond acceptors (Lipinski definition) is 3. The van der Waals surface area contributed by atoms with Crippen LogP contribution < -0.4 is 14.9 Å². The number of carbonyl (C=O) groups is 1. The summed E-state index contributed by atoms with van der Waals surface area (Å²) in [6, 6.07) is 13.5. The number of piperidine rings is 1. The standard InChI is InChI=1S/C22H29N3O3S/c1-3-12-25-13-10-19(11-14-25)23-22(26)18-7-5-9-21(16-18)29(27,28)24-20-8-4-6-17(2)15-20/h4-9,15-16,19,24H,3,10-14H2,1-2H3,(H,23,26)/p+1. The molecule has 0 radical (unpaired) electrons.